The molecule has 4 heteroatoms. The van der Waals surface area contributed by atoms with Crippen molar-refractivity contribution in [3.63, 3.8) is 0 Å². The Bertz CT molecular complexity index is 481. The molecule has 110 valence electrons. The third-order valence-corrected chi connectivity index (χ3v) is 4.39. The Labute approximate surface area is 122 Å². The van der Waals surface area contributed by atoms with E-state index in [1.165, 1.54) is 11.4 Å². The molecule has 0 aromatic carbocycles. The van der Waals surface area contributed by atoms with Crippen LogP contribution in [0, 0.1) is 11.3 Å². The van der Waals surface area contributed by atoms with Crippen LogP contribution >= 0.6 is 0 Å². The summed E-state index contributed by atoms with van der Waals surface area (Å²) in [5.74, 6) is 0. The summed E-state index contributed by atoms with van der Waals surface area (Å²) < 4.78 is 2.20. The Balaban J connectivity index is 2.24. The zero-order valence-corrected chi connectivity index (χ0v) is 12.9. The lowest BCUT2D eigenvalue weighted by Gasteiger charge is -2.37. The van der Waals surface area contributed by atoms with Crippen LogP contribution < -0.4 is 5.32 Å². The number of nitrogens with zero attached hydrogens (tertiary/aromatic N) is 3. The summed E-state index contributed by atoms with van der Waals surface area (Å²) in [4.78, 5) is 0. The van der Waals surface area contributed by atoms with Crippen molar-refractivity contribution in [2.75, 3.05) is 6.54 Å². The Hall–Kier alpha value is -1.34. The number of nitriles is 1. The third-order valence-electron chi connectivity index (χ3n) is 4.39. The Morgan fingerprint density at radius 3 is 2.85 bits per heavy atom. The largest absolute Gasteiger partial charge is 0.300 e. The highest BCUT2D eigenvalue weighted by atomic mass is 15.3. The molecule has 0 saturated heterocycles. The topological polar surface area (TPSA) is 53.6 Å². The van der Waals surface area contributed by atoms with Crippen LogP contribution in [0.1, 0.15) is 63.9 Å². The fourth-order valence-electron chi connectivity index (χ4n) is 3.34. The zero-order chi connectivity index (χ0) is 14.6. The highest BCUT2D eigenvalue weighted by molar-refractivity contribution is 5.15. The molecule has 1 aromatic rings. The fraction of sp³-hybridized carbons (Fsp3) is 0.750. The first-order chi connectivity index (χ1) is 9.68. The SMILES string of the molecule is CCNC1(C#N)CCCC(n2nc(CC)cc2CC)C1. The predicted molar refractivity (Wildman–Crippen MR) is 80.5 cm³/mol. The number of aromatic nitrogens is 2. The molecule has 0 spiro atoms. The molecular weight excluding hydrogens is 248 g/mol. The molecule has 1 saturated carbocycles. The van der Waals surface area contributed by atoms with Crippen LogP contribution in [-0.2, 0) is 12.8 Å². The molecule has 1 fully saturated rings. The molecule has 0 bridgehead atoms. The van der Waals surface area contributed by atoms with Crippen LogP contribution in [0.25, 0.3) is 0 Å². The number of nitrogens with one attached hydrogen (secondary N) is 1. The first kappa shape index (κ1) is 15.1. The van der Waals surface area contributed by atoms with Crippen molar-refractivity contribution in [3.05, 3.63) is 17.5 Å². The van der Waals surface area contributed by atoms with Crippen molar-refractivity contribution in [1.29, 1.82) is 5.26 Å². The molecule has 2 rings (SSSR count). The molecule has 4 nitrogen and oxygen atoms in total. The maximum Gasteiger partial charge on any atom is 0.108 e. The van der Waals surface area contributed by atoms with E-state index in [1.807, 2.05) is 0 Å². The van der Waals surface area contributed by atoms with Gasteiger partial charge in [-0.2, -0.15) is 10.4 Å². The summed E-state index contributed by atoms with van der Waals surface area (Å²) in [6, 6.07) is 5.10. The predicted octanol–water partition coefficient (Wildman–Crippen LogP) is 2.99. The van der Waals surface area contributed by atoms with Gasteiger partial charge in [0.15, 0.2) is 0 Å². The molecule has 0 radical (unpaired) electrons. The van der Waals surface area contributed by atoms with Gasteiger partial charge in [0, 0.05) is 12.1 Å². The number of hydrogen-bond acceptors (Lipinski definition) is 3. The van der Waals surface area contributed by atoms with Crippen LogP contribution in [-0.4, -0.2) is 21.9 Å². The molecule has 20 heavy (non-hydrogen) atoms. The lowest BCUT2D eigenvalue weighted by atomic mass is 9.80. The van der Waals surface area contributed by atoms with E-state index in [0.29, 0.717) is 6.04 Å². The second kappa shape index (κ2) is 6.41. The van der Waals surface area contributed by atoms with Gasteiger partial charge in [0.05, 0.1) is 17.8 Å². The van der Waals surface area contributed by atoms with Crippen molar-refractivity contribution in [1.82, 2.24) is 15.1 Å². The molecule has 1 aliphatic carbocycles. The molecule has 0 amide bonds. The van der Waals surface area contributed by atoms with Gasteiger partial charge >= 0.3 is 0 Å². The van der Waals surface area contributed by atoms with Gasteiger partial charge in [0.1, 0.15) is 5.54 Å². The van der Waals surface area contributed by atoms with E-state index in [2.05, 4.69) is 42.9 Å². The van der Waals surface area contributed by atoms with Crippen LogP contribution in [0.3, 0.4) is 0 Å². The summed E-state index contributed by atoms with van der Waals surface area (Å²) in [6.45, 7) is 7.24. The van der Waals surface area contributed by atoms with Crippen LogP contribution in [0.4, 0.5) is 0 Å². The Morgan fingerprint density at radius 2 is 2.25 bits per heavy atom. The highest BCUT2D eigenvalue weighted by Gasteiger charge is 2.37. The van der Waals surface area contributed by atoms with Crippen molar-refractivity contribution in [3.8, 4) is 6.07 Å². The third kappa shape index (κ3) is 2.88. The number of rotatable bonds is 5. The summed E-state index contributed by atoms with van der Waals surface area (Å²) in [6.07, 6.45) is 6.03. The minimum Gasteiger partial charge on any atom is -0.300 e. The van der Waals surface area contributed by atoms with Crippen LogP contribution in [0.5, 0.6) is 0 Å². The monoisotopic (exact) mass is 274 g/mol. The lowest BCUT2D eigenvalue weighted by Crippen LogP contribution is -2.48. The standard InChI is InChI=1S/C16H26N4/c1-4-13-10-14(5-2)20(19-13)15-8-7-9-16(11-15,12-17)18-6-3/h10,15,18H,4-9,11H2,1-3H3. The molecule has 2 atom stereocenters. The molecule has 1 aliphatic rings. The van der Waals surface area contributed by atoms with E-state index in [4.69, 9.17) is 5.10 Å². The zero-order valence-electron chi connectivity index (χ0n) is 12.9. The fourth-order valence-corrected chi connectivity index (χ4v) is 3.34. The van der Waals surface area contributed by atoms with Crippen LogP contribution in [0.2, 0.25) is 0 Å². The normalized spacial score (nSPS) is 26.4. The van der Waals surface area contributed by atoms with E-state index in [0.717, 1.165) is 45.1 Å². The van der Waals surface area contributed by atoms with E-state index >= 15 is 0 Å². The van der Waals surface area contributed by atoms with E-state index in [-0.39, 0.29) is 5.54 Å². The van der Waals surface area contributed by atoms with Crippen molar-refractivity contribution in [2.24, 2.45) is 0 Å². The second-order valence-electron chi connectivity index (χ2n) is 5.75. The summed E-state index contributed by atoms with van der Waals surface area (Å²) >= 11 is 0. The van der Waals surface area contributed by atoms with Gasteiger partial charge in [-0.05, 0) is 44.7 Å². The van der Waals surface area contributed by atoms with Gasteiger partial charge < -0.3 is 0 Å². The summed E-state index contributed by atoms with van der Waals surface area (Å²) in [5, 5.41) is 17.7. The highest BCUT2D eigenvalue weighted by Crippen LogP contribution is 2.35. The maximum atomic E-state index is 9.57. The molecule has 2 unspecified atom stereocenters. The van der Waals surface area contributed by atoms with E-state index in [1.54, 1.807) is 0 Å². The van der Waals surface area contributed by atoms with Crippen molar-refractivity contribution >= 4 is 0 Å². The van der Waals surface area contributed by atoms with Gasteiger partial charge in [-0.1, -0.05) is 20.8 Å². The average molecular weight is 274 g/mol. The first-order valence-corrected chi connectivity index (χ1v) is 7.91. The molecule has 1 aromatic heterocycles. The Kier molecular flexibility index (Phi) is 4.82. The lowest BCUT2D eigenvalue weighted by molar-refractivity contribution is 0.219. The molecule has 1 N–H and O–H groups in total. The summed E-state index contributed by atoms with van der Waals surface area (Å²) in [7, 11) is 0. The molecule has 0 aliphatic heterocycles. The van der Waals surface area contributed by atoms with E-state index < -0.39 is 0 Å². The Morgan fingerprint density at radius 1 is 1.45 bits per heavy atom. The summed E-state index contributed by atoms with van der Waals surface area (Å²) in [5.41, 5.74) is 2.11. The quantitative estimate of drug-likeness (QED) is 0.898. The van der Waals surface area contributed by atoms with Crippen molar-refractivity contribution < 1.29 is 0 Å². The second-order valence-corrected chi connectivity index (χ2v) is 5.75. The van der Waals surface area contributed by atoms with Gasteiger partial charge in [0.25, 0.3) is 0 Å². The first-order valence-electron chi connectivity index (χ1n) is 7.91. The van der Waals surface area contributed by atoms with Gasteiger partial charge in [-0.15, -0.1) is 0 Å². The smallest absolute Gasteiger partial charge is 0.108 e. The maximum absolute atomic E-state index is 9.57. The van der Waals surface area contributed by atoms with Gasteiger partial charge in [-0.3, -0.25) is 10.00 Å². The van der Waals surface area contributed by atoms with Crippen molar-refractivity contribution in [2.45, 2.75) is 70.9 Å². The van der Waals surface area contributed by atoms with E-state index in [9.17, 15) is 5.26 Å². The van der Waals surface area contributed by atoms with Crippen LogP contribution in [0.15, 0.2) is 6.07 Å². The molecule has 1 heterocycles. The minimum atomic E-state index is -0.360. The number of hydrogen-bond donors (Lipinski definition) is 1. The van der Waals surface area contributed by atoms with Gasteiger partial charge in [-0.25, -0.2) is 0 Å². The average Bonchev–Trinajstić information content (AvgIpc) is 2.91. The molecular formula is C16H26N4. The number of aryl methyl sites for hydroxylation is 2. The minimum absolute atomic E-state index is 0.359. The van der Waals surface area contributed by atoms with Gasteiger partial charge in [0.2, 0.25) is 0 Å².